The molecule has 0 aromatic rings. The van der Waals surface area contributed by atoms with Gasteiger partial charge in [-0.2, -0.15) is 0 Å². The zero-order valence-corrected chi connectivity index (χ0v) is 11.4. The van der Waals surface area contributed by atoms with E-state index in [9.17, 15) is 4.79 Å². The molecule has 1 N–H and O–H groups in total. The SMILES string of the molecule is CC(C)=CCCC(C)C/C=C\C(C)=CC(=O)O. The summed E-state index contributed by atoms with van der Waals surface area (Å²) in [4.78, 5) is 10.4. The van der Waals surface area contributed by atoms with Gasteiger partial charge in [0.1, 0.15) is 0 Å². The maximum atomic E-state index is 10.4. The number of rotatable bonds is 7. The lowest BCUT2D eigenvalue weighted by molar-refractivity contribution is -0.131. The van der Waals surface area contributed by atoms with Gasteiger partial charge in [-0.25, -0.2) is 4.79 Å². The molecule has 0 bridgehead atoms. The predicted molar refractivity (Wildman–Crippen MR) is 73.0 cm³/mol. The Morgan fingerprint density at radius 3 is 2.47 bits per heavy atom. The summed E-state index contributed by atoms with van der Waals surface area (Å²) in [6.07, 6.45) is 10.7. The first-order valence-electron chi connectivity index (χ1n) is 6.13. The zero-order chi connectivity index (χ0) is 13.3. The van der Waals surface area contributed by atoms with Crippen molar-refractivity contribution in [3.8, 4) is 0 Å². The highest BCUT2D eigenvalue weighted by molar-refractivity contribution is 5.81. The molecule has 0 aliphatic carbocycles. The molecule has 2 nitrogen and oxygen atoms in total. The van der Waals surface area contributed by atoms with E-state index in [-0.39, 0.29) is 0 Å². The number of carbonyl (C=O) groups is 1. The summed E-state index contributed by atoms with van der Waals surface area (Å²) in [5, 5.41) is 8.54. The molecule has 17 heavy (non-hydrogen) atoms. The molecule has 0 spiro atoms. The quantitative estimate of drug-likeness (QED) is 0.405. The molecular formula is C15H24O2. The molecule has 0 heterocycles. The van der Waals surface area contributed by atoms with Crippen LogP contribution >= 0.6 is 0 Å². The Morgan fingerprint density at radius 1 is 1.29 bits per heavy atom. The predicted octanol–water partition coefficient (Wildman–Crippen LogP) is 4.35. The van der Waals surface area contributed by atoms with Gasteiger partial charge in [0.05, 0.1) is 0 Å². The summed E-state index contributed by atoms with van der Waals surface area (Å²) in [6.45, 7) is 8.26. The van der Waals surface area contributed by atoms with Gasteiger partial charge >= 0.3 is 5.97 Å². The molecule has 96 valence electrons. The molecule has 1 unspecified atom stereocenters. The van der Waals surface area contributed by atoms with Gasteiger partial charge in [-0.15, -0.1) is 0 Å². The lowest BCUT2D eigenvalue weighted by atomic mass is 10.0. The van der Waals surface area contributed by atoms with Crippen molar-refractivity contribution < 1.29 is 9.90 Å². The van der Waals surface area contributed by atoms with Crippen molar-refractivity contribution >= 4 is 5.97 Å². The van der Waals surface area contributed by atoms with Crippen LogP contribution in [0.5, 0.6) is 0 Å². The Labute approximate surface area is 105 Å². The van der Waals surface area contributed by atoms with Crippen molar-refractivity contribution in [1.82, 2.24) is 0 Å². The summed E-state index contributed by atoms with van der Waals surface area (Å²) in [7, 11) is 0. The Bertz CT molecular complexity index is 318. The van der Waals surface area contributed by atoms with Crippen LogP contribution in [0.15, 0.2) is 35.5 Å². The van der Waals surface area contributed by atoms with Crippen molar-refractivity contribution in [2.24, 2.45) is 5.92 Å². The largest absolute Gasteiger partial charge is 0.478 e. The number of carboxylic acid groups (broad SMARTS) is 1. The highest BCUT2D eigenvalue weighted by Gasteiger charge is 1.98. The minimum atomic E-state index is -0.885. The second kappa shape index (κ2) is 8.80. The summed E-state index contributed by atoms with van der Waals surface area (Å²) in [5.74, 6) is -0.247. The third kappa shape index (κ3) is 11.0. The molecule has 0 aromatic carbocycles. The van der Waals surface area contributed by atoms with Crippen LogP contribution < -0.4 is 0 Å². The van der Waals surface area contributed by atoms with Crippen LogP contribution in [0.1, 0.15) is 47.0 Å². The van der Waals surface area contributed by atoms with E-state index >= 15 is 0 Å². The van der Waals surface area contributed by atoms with E-state index in [1.54, 1.807) is 6.92 Å². The molecule has 0 saturated heterocycles. The van der Waals surface area contributed by atoms with E-state index in [4.69, 9.17) is 5.11 Å². The van der Waals surface area contributed by atoms with Crippen LogP contribution in [0.25, 0.3) is 0 Å². The van der Waals surface area contributed by atoms with E-state index in [2.05, 4.69) is 32.9 Å². The number of hydrogen-bond donors (Lipinski definition) is 1. The van der Waals surface area contributed by atoms with Crippen LogP contribution in [0.2, 0.25) is 0 Å². The minimum Gasteiger partial charge on any atom is -0.478 e. The molecule has 0 aliphatic rings. The van der Waals surface area contributed by atoms with Gasteiger partial charge in [0.25, 0.3) is 0 Å². The first-order chi connectivity index (χ1) is 7.91. The van der Waals surface area contributed by atoms with Crippen LogP contribution in [-0.4, -0.2) is 11.1 Å². The highest BCUT2D eigenvalue weighted by atomic mass is 16.4. The van der Waals surface area contributed by atoms with Gasteiger partial charge in [-0.1, -0.05) is 30.7 Å². The van der Waals surface area contributed by atoms with E-state index in [1.807, 2.05) is 6.08 Å². The topological polar surface area (TPSA) is 37.3 Å². The van der Waals surface area contributed by atoms with Gasteiger partial charge in [0, 0.05) is 6.08 Å². The smallest absolute Gasteiger partial charge is 0.328 e. The van der Waals surface area contributed by atoms with Crippen molar-refractivity contribution in [2.45, 2.75) is 47.0 Å². The third-order valence-corrected chi connectivity index (χ3v) is 2.48. The van der Waals surface area contributed by atoms with Crippen LogP contribution in [0.3, 0.4) is 0 Å². The van der Waals surface area contributed by atoms with E-state index in [0.29, 0.717) is 5.92 Å². The van der Waals surface area contributed by atoms with Crippen molar-refractivity contribution in [1.29, 1.82) is 0 Å². The second-order valence-corrected chi connectivity index (χ2v) is 4.83. The lowest BCUT2D eigenvalue weighted by Gasteiger charge is -2.06. The fourth-order valence-electron chi connectivity index (χ4n) is 1.50. The Morgan fingerprint density at radius 2 is 1.94 bits per heavy atom. The van der Waals surface area contributed by atoms with Crippen LogP contribution in [-0.2, 0) is 4.79 Å². The molecular weight excluding hydrogens is 212 g/mol. The van der Waals surface area contributed by atoms with Crippen LogP contribution in [0.4, 0.5) is 0 Å². The zero-order valence-electron chi connectivity index (χ0n) is 11.4. The number of aliphatic carboxylic acids is 1. The molecule has 0 fully saturated rings. The molecule has 2 heteroatoms. The average Bonchev–Trinajstić information content (AvgIpc) is 2.15. The van der Waals surface area contributed by atoms with Crippen molar-refractivity contribution in [3.05, 3.63) is 35.5 Å². The molecule has 0 saturated carbocycles. The van der Waals surface area contributed by atoms with E-state index < -0.39 is 5.97 Å². The van der Waals surface area contributed by atoms with E-state index in [0.717, 1.165) is 18.4 Å². The fourth-order valence-corrected chi connectivity index (χ4v) is 1.50. The fraction of sp³-hybridized carbons (Fsp3) is 0.533. The molecule has 0 radical (unpaired) electrons. The monoisotopic (exact) mass is 236 g/mol. The lowest BCUT2D eigenvalue weighted by Crippen LogP contribution is -1.92. The second-order valence-electron chi connectivity index (χ2n) is 4.83. The Balaban J connectivity index is 3.91. The standard InChI is InChI=1S/C15H24O2/c1-12(2)7-5-8-13(3)9-6-10-14(4)11-15(16)17/h6-7,10-11,13H,5,8-9H2,1-4H3,(H,16,17)/b10-6-,14-11?. The summed E-state index contributed by atoms with van der Waals surface area (Å²) in [6, 6.07) is 0. The van der Waals surface area contributed by atoms with Crippen LogP contribution in [0, 0.1) is 5.92 Å². The van der Waals surface area contributed by atoms with Gasteiger partial charge < -0.3 is 5.11 Å². The van der Waals surface area contributed by atoms with Gasteiger partial charge in [-0.3, -0.25) is 0 Å². The van der Waals surface area contributed by atoms with Crippen molar-refractivity contribution in [2.75, 3.05) is 0 Å². The summed E-state index contributed by atoms with van der Waals surface area (Å²) >= 11 is 0. The molecule has 0 aliphatic heterocycles. The molecule has 1 atom stereocenters. The minimum absolute atomic E-state index is 0.638. The van der Waals surface area contributed by atoms with E-state index in [1.165, 1.54) is 18.1 Å². The number of hydrogen-bond acceptors (Lipinski definition) is 1. The third-order valence-electron chi connectivity index (χ3n) is 2.48. The highest BCUT2D eigenvalue weighted by Crippen LogP contribution is 2.13. The Kier molecular flexibility index (Phi) is 8.12. The summed E-state index contributed by atoms with van der Waals surface area (Å²) in [5.41, 5.74) is 2.15. The first kappa shape index (κ1) is 15.7. The molecule has 0 amide bonds. The van der Waals surface area contributed by atoms with Gasteiger partial charge in [-0.05, 0) is 51.5 Å². The maximum Gasteiger partial charge on any atom is 0.328 e. The van der Waals surface area contributed by atoms with Gasteiger partial charge in [0.2, 0.25) is 0 Å². The molecule has 0 aromatic heterocycles. The number of allylic oxidation sites excluding steroid dienone is 5. The first-order valence-corrected chi connectivity index (χ1v) is 6.13. The maximum absolute atomic E-state index is 10.4. The summed E-state index contributed by atoms with van der Waals surface area (Å²) < 4.78 is 0. The van der Waals surface area contributed by atoms with Gasteiger partial charge in [0.15, 0.2) is 0 Å². The average molecular weight is 236 g/mol. The Hall–Kier alpha value is -1.31. The number of carboxylic acids is 1. The van der Waals surface area contributed by atoms with Crippen molar-refractivity contribution in [3.63, 3.8) is 0 Å². The normalized spacial score (nSPS) is 13.8. The molecule has 0 rings (SSSR count).